The molecule has 1 atom stereocenters. The van der Waals surface area contributed by atoms with Crippen molar-refractivity contribution < 1.29 is 17.9 Å². The molecule has 1 aromatic carbocycles. The molecular formula is C14H20N2O4S. The van der Waals surface area contributed by atoms with Crippen LogP contribution in [0.4, 0.5) is 0 Å². The van der Waals surface area contributed by atoms with Crippen LogP contribution in [0, 0.1) is 0 Å². The molecule has 0 aliphatic carbocycles. The predicted octanol–water partition coefficient (Wildman–Crippen LogP) is 0.978. The summed E-state index contributed by atoms with van der Waals surface area (Å²) in [6.07, 6.45) is 1.46. The van der Waals surface area contributed by atoms with Crippen molar-refractivity contribution in [3.8, 4) is 5.75 Å². The van der Waals surface area contributed by atoms with Gasteiger partial charge in [-0.1, -0.05) is 0 Å². The number of hydrogen-bond donors (Lipinski definition) is 1. The number of carbonyl (C=O) groups excluding carboxylic acids is 1. The average Bonchev–Trinajstić information content (AvgIpc) is 2.85. The Kier molecular flexibility index (Phi) is 4.84. The molecule has 1 aromatic rings. The first-order valence-corrected chi connectivity index (χ1v) is 8.66. The Hall–Kier alpha value is -1.60. The van der Waals surface area contributed by atoms with Gasteiger partial charge in [0.05, 0.1) is 12.4 Å². The van der Waals surface area contributed by atoms with E-state index in [1.54, 1.807) is 29.2 Å². The second-order valence-corrected chi connectivity index (χ2v) is 6.74. The molecule has 6 nitrogen and oxygen atoms in total. The number of nitrogens with two attached hydrogens (primary N) is 1. The number of carbonyl (C=O) groups is 1. The first-order chi connectivity index (χ1) is 9.90. The summed E-state index contributed by atoms with van der Waals surface area (Å²) in [7, 11) is -3.58. The maximum Gasteiger partial charge on any atom is 0.254 e. The van der Waals surface area contributed by atoms with Crippen LogP contribution in [0.25, 0.3) is 0 Å². The molecule has 0 bridgehead atoms. The van der Waals surface area contributed by atoms with E-state index < -0.39 is 10.0 Å². The zero-order valence-electron chi connectivity index (χ0n) is 12.0. The molecule has 1 aliphatic heterocycles. The van der Waals surface area contributed by atoms with E-state index in [2.05, 4.69) is 0 Å². The highest BCUT2D eigenvalue weighted by Gasteiger charge is 2.31. The maximum atomic E-state index is 12.5. The minimum atomic E-state index is -3.58. The number of benzene rings is 1. The Balaban J connectivity index is 2.11. The highest BCUT2D eigenvalue weighted by Crippen LogP contribution is 2.22. The lowest BCUT2D eigenvalue weighted by atomic mass is 10.1. The third-order valence-corrected chi connectivity index (χ3v) is 4.32. The zero-order valence-corrected chi connectivity index (χ0v) is 12.8. The third kappa shape index (κ3) is 4.18. The summed E-state index contributed by atoms with van der Waals surface area (Å²) in [6, 6.07) is 6.53. The topological polar surface area (TPSA) is 89.7 Å². The molecule has 1 heterocycles. The molecule has 1 saturated heterocycles. The maximum absolute atomic E-state index is 12.5. The predicted molar refractivity (Wildman–Crippen MR) is 79.6 cm³/mol. The Morgan fingerprint density at radius 2 is 2.05 bits per heavy atom. The normalized spacial score (nSPS) is 18.8. The van der Waals surface area contributed by atoms with Gasteiger partial charge in [0.2, 0.25) is 10.0 Å². The van der Waals surface area contributed by atoms with Gasteiger partial charge in [0.25, 0.3) is 5.91 Å². The smallest absolute Gasteiger partial charge is 0.254 e. The minimum absolute atomic E-state index is 0.163. The van der Waals surface area contributed by atoms with Crippen LogP contribution in [0.2, 0.25) is 0 Å². The molecule has 2 N–H and O–H groups in total. The van der Waals surface area contributed by atoms with Crippen molar-refractivity contribution in [3.63, 3.8) is 0 Å². The number of hydrogen-bond acceptors (Lipinski definition) is 4. The molecule has 2 rings (SSSR count). The molecule has 1 amide bonds. The van der Waals surface area contributed by atoms with Crippen molar-refractivity contribution >= 4 is 15.9 Å². The second kappa shape index (κ2) is 6.44. The third-order valence-electron chi connectivity index (χ3n) is 3.47. The van der Waals surface area contributed by atoms with Gasteiger partial charge >= 0.3 is 0 Å². The monoisotopic (exact) mass is 312 g/mol. The van der Waals surface area contributed by atoms with E-state index in [0.717, 1.165) is 6.42 Å². The van der Waals surface area contributed by atoms with Gasteiger partial charge in [-0.25, -0.2) is 13.6 Å². The molecule has 1 aliphatic rings. The largest absolute Gasteiger partial charge is 0.494 e. The van der Waals surface area contributed by atoms with E-state index in [9.17, 15) is 13.2 Å². The standard InChI is InChI=1S/C14H20N2O4S/c1-2-20-13-7-5-11(6-8-13)14(17)16-9-3-4-12(16)10-21(15,18)19/h5-8,12H,2-4,9-10H2,1H3,(H2,15,18,19). The molecule has 116 valence electrons. The van der Waals surface area contributed by atoms with Gasteiger partial charge in [-0.05, 0) is 44.0 Å². The summed E-state index contributed by atoms with van der Waals surface area (Å²) in [5.41, 5.74) is 0.528. The lowest BCUT2D eigenvalue weighted by molar-refractivity contribution is 0.0749. The van der Waals surface area contributed by atoms with Gasteiger partial charge in [0, 0.05) is 18.2 Å². The molecule has 7 heteroatoms. The van der Waals surface area contributed by atoms with Crippen LogP contribution in [0.3, 0.4) is 0 Å². The molecule has 0 spiro atoms. The highest BCUT2D eigenvalue weighted by molar-refractivity contribution is 7.89. The zero-order chi connectivity index (χ0) is 15.5. The van der Waals surface area contributed by atoms with E-state index in [1.807, 2.05) is 6.92 Å². The van der Waals surface area contributed by atoms with Crippen molar-refractivity contribution in [2.45, 2.75) is 25.8 Å². The molecule has 1 fully saturated rings. The van der Waals surface area contributed by atoms with E-state index in [0.29, 0.717) is 30.9 Å². The lowest BCUT2D eigenvalue weighted by Crippen LogP contribution is -2.41. The molecule has 1 unspecified atom stereocenters. The number of ether oxygens (including phenoxy) is 1. The number of likely N-dealkylation sites (tertiary alicyclic amines) is 1. The van der Waals surface area contributed by atoms with Crippen LogP contribution in [0.1, 0.15) is 30.1 Å². The van der Waals surface area contributed by atoms with Crippen molar-refractivity contribution in [1.82, 2.24) is 4.90 Å². The Bertz CT molecular complexity index is 598. The van der Waals surface area contributed by atoms with Gasteiger partial charge in [0.15, 0.2) is 0 Å². The number of sulfonamides is 1. The summed E-state index contributed by atoms with van der Waals surface area (Å²) in [4.78, 5) is 14.1. The van der Waals surface area contributed by atoms with Crippen LogP contribution < -0.4 is 9.88 Å². The van der Waals surface area contributed by atoms with Crippen LogP contribution in [-0.2, 0) is 10.0 Å². The molecule has 0 aromatic heterocycles. The number of primary sulfonamides is 1. The summed E-state index contributed by atoms with van der Waals surface area (Å²) in [5, 5.41) is 5.09. The van der Waals surface area contributed by atoms with E-state index in [-0.39, 0.29) is 17.7 Å². The Morgan fingerprint density at radius 3 is 2.62 bits per heavy atom. The van der Waals surface area contributed by atoms with E-state index in [4.69, 9.17) is 9.88 Å². The second-order valence-electron chi connectivity index (χ2n) is 5.08. The van der Waals surface area contributed by atoms with E-state index in [1.165, 1.54) is 0 Å². The highest BCUT2D eigenvalue weighted by atomic mass is 32.2. The van der Waals surface area contributed by atoms with Crippen LogP contribution >= 0.6 is 0 Å². The Labute approximate surface area is 124 Å². The summed E-state index contributed by atoms with van der Waals surface area (Å²) in [5.74, 6) is 0.358. The fourth-order valence-corrected chi connectivity index (χ4v) is 3.45. The summed E-state index contributed by atoms with van der Waals surface area (Å²) in [6.45, 7) is 3.02. The minimum Gasteiger partial charge on any atom is -0.494 e. The molecule has 21 heavy (non-hydrogen) atoms. The fraction of sp³-hybridized carbons (Fsp3) is 0.500. The van der Waals surface area contributed by atoms with Gasteiger partial charge in [-0.2, -0.15) is 0 Å². The van der Waals surface area contributed by atoms with E-state index >= 15 is 0 Å². The summed E-state index contributed by atoms with van der Waals surface area (Å²) >= 11 is 0. The van der Waals surface area contributed by atoms with Crippen molar-refractivity contribution in [2.75, 3.05) is 18.9 Å². The van der Waals surface area contributed by atoms with Gasteiger partial charge in [-0.15, -0.1) is 0 Å². The Morgan fingerprint density at radius 1 is 1.38 bits per heavy atom. The van der Waals surface area contributed by atoms with Gasteiger partial charge < -0.3 is 9.64 Å². The van der Waals surface area contributed by atoms with Gasteiger partial charge in [-0.3, -0.25) is 4.79 Å². The molecule has 0 radical (unpaired) electrons. The number of rotatable bonds is 5. The van der Waals surface area contributed by atoms with Crippen molar-refractivity contribution in [2.24, 2.45) is 5.14 Å². The first-order valence-electron chi connectivity index (χ1n) is 6.95. The van der Waals surface area contributed by atoms with Crippen molar-refractivity contribution in [1.29, 1.82) is 0 Å². The van der Waals surface area contributed by atoms with Crippen LogP contribution in [0.15, 0.2) is 24.3 Å². The van der Waals surface area contributed by atoms with Crippen LogP contribution in [0.5, 0.6) is 5.75 Å². The quantitative estimate of drug-likeness (QED) is 0.877. The average molecular weight is 312 g/mol. The van der Waals surface area contributed by atoms with Crippen molar-refractivity contribution in [3.05, 3.63) is 29.8 Å². The fourth-order valence-electron chi connectivity index (χ4n) is 2.57. The summed E-state index contributed by atoms with van der Waals surface area (Å²) < 4.78 is 27.8. The number of amides is 1. The lowest BCUT2D eigenvalue weighted by Gasteiger charge is -2.24. The van der Waals surface area contributed by atoms with Gasteiger partial charge in [0.1, 0.15) is 5.75 Å². The number of nitrogens with zero attached hydrogens (tertiary/aromatic N) is 1. The first kappa shape index (κ1) is 15.8. The van der Waals surface area contributed by atoms with Crippen LogP contribution in [-0.4, -0.2) is 44.2 Å². The molecular weight excluding hydrogens is 292 g/mol. The molecule has 0 saturated carbocycles. The SMILES string of the molecule is CCOc1ccc(C(=O)N2CCCC2CS(N)(=O)=O)cc1.